The maximum absolute atomic E-state index is 12.7. The van der Waals surface area contributed by atoms with E-state index in [4.69, 9.17) is 0 Å². The molecule has 1 amide bonds. The molecule has 24 heavy (non-hydrogen) atoms. The first-order valence-electron chi connectivity index (χ1n) is 7.56. The molecule has 2 N–H and O–H groups in total. The quantitative estimate of drug-likeness (QED) is 0.813. The van der Waals surface area contributed by atoms with Crippen molar-refractivity contribution in [3.05, 3.63) is 58.1 Å². The van der Waals surface area contributed by atoms with Gasteiger partial charge in [-0.25, -0.2) is 13.1 Å². The number of hydrogen-bond donors (Lipinski definition) is 2. The highest BCUT2D eigenvalue weighted by Gasteiger charge is 2.22. The van der Waals surface area contributed by atoms with Gasteiger partial charge in [-0.3, -0.25) is 4.79 Å². The lowest BCUT2D eigenvalue weighted by atomic mass is 10.0. The zero-order chi connectivity index (χ0) is 17.3. The predicted molar refractivity (Wildman–Crippen MR) is 96.3 cm³/mol. The van der Waals surface area contributed by atoms with Gasteiger partial charge < -0.3 is 5.32 Å². The maximum Gasteiger partial charge on any atom is 0.241 e. The first-order chi connectivity index (χ1) is 11.4. The summed E-state index contributed by atoms with van der Waals surface area (Å²) < 4.78 is 28.9. The average molecular weight is 409 g/mol. The van der Waals surface area contributed by atoms with Crippen molar-refractivity contribution < 1.29 is 13.2 Å². The first-order valence-corrected chi connectivity index (χ1v) is 9.84. The van der Waals surface area contributed by atoms with Gasteiger partial charge in [0.2, 0.25) is 15.9 Å². The van der Waals surface area contributed by atoms with E-state index < -0.39 is 10.0 Å². The molecule has 0 fully saturated rings. The molecule has 7 heteroatoms. The van der Waals surface area contributed by atoms with Crippen LogP contribution in [0.25, 0.3) is 0 Å². The molecule has 126 valence electrons. The highest BCUT2D eigenvalue weighted by atomic mass is 79.9. The van der Waals surface area contributed by atoms with Crippen molar-refractivity contribution in [2.24, 2.45) is 0 Å². The molecule has 0 bridgehead atoms. The van der Waals surface area contributed by atoms with Gasteiger partial charge in [0, 0.05) is 22.6 Å². The third-order valence-corrected chi connectivity index (χ3v) is 6.25. The summed E-state index contributed by atoms with van der Waals surface area (Å²) in [6.45, 7) is 1.80. The van der Waals surface area contributed by atoms with Crippen LogP contribution in [0.4, 0.5) is 5.69 Å². The van der Waals surface area contributed by atoms with Gasteiger partial charge in [0.1, 0.15) is 0 Å². The number of rotatable bonds is 4. The Kier molecular flexibility index (Phi) is 4.76. The fourth-order valence-electron chi connectivity index (χ4n) is 2.72. The van der Waals surface area contributed by atoms with Crippen molar-refractivity contribution in [2.75, 3.05) is 5.32 Å². The number of aryl methyl sites for hydroxylation is 1. The number of nitrogens with one attached hydrogen (secondary N) is 2. The van der Waals surface area contributed by atoms with Crippen LogP contribution in [0.1, 0.15) is 30.5 Å². The molecule has 1 aliphatic rings. The summed E-state index contributed by atoms with van der Waals surface area (Å²) in [5.41, 5.74) is 2.39. The number of carbonyl (C=O) groups is 1. The third kappa shape index (κ3) is 3.53. The summed E-state index contributed by atoms with van der Waals surface area (Å²) in [5, 5.41) is 2.75. The number of benzene rings is 2. The number of carbonyl (C=O) groups excluding carboxylic acids is 1. The normalized spacial score (nSPS) is 15.5. The minimum absolute atomic E-state index is 0.0428. The summed E-state index contributed by atoms with van der Waals surface area (Å²) in [7, 11) is -3.65. The summed E-state index contributed by atoms with van der Waals surface area (Å²) in [5.74, 6) is -0.0428. The van der Waals surface area contributed by atoms with E-state index in [2.05, 4.69) is 26.0 Å². The Labute approximate surface area is 149 Å². The van der Waals surface area contributed by atoms with Gasteiger partial charge in [0.05, 0.1) is 4.90 Å². The Morgan fingerprint density at radius 1 is 1.17 bits per heavy atom. The van der Waals surface area contributed by atoms with E-state index in [1.54, 1.807) is 19.1 Å². The minimum atomic E-state index is -3.65. The molecular formula is C17H17BrN2O3S. The van der Waals surface area contributed by atoms with Gasteiger partial charge in [-0.1, -0.05) is 34.1 Å². The molecule has 1 aliphatic heterocycles. The summed E-state index contributed by atoms with van der Waals surface area (Å²) >= 11 is 3.44. The molecule has 0 saturated heterocycles. The molecule has 0 aromatic heterocycles. The Morgan fingerprint density at radius 3 is 2.67 bits per heavy atom. The minimum Gasteiger partial charge on any atom is -0.326 e. The number of halogens is 1. The van der Waals surface area contributed by atoms with E-state index in [0.717, 1.165) is 15.6 Å². The van der Waals surface area contributed by atoms with Crippen LogP contribution in [0.5, 0.6) is 0 Å². The molecular weight excluding hydrogens is 392 g/mol. The molecule has 3 rings (SSSR count). The smallest absolute Gasteiger partial charge is 0.241 e. The molecule has 0 unspecified atom stereocenters. The molecule has 0 saturated carbocycles. The van der Waals surface area contributed by atoms with Gasteiger partial charge in [0.25, 0.3) is 0 Å². The fourth-order valence-corrected chi connectivity index (χ4v) is 4.62. The number of hydrogen-bond acceptors (Lipinski definition) is 3. The van der Waals surface area contributed by atoms with Gasteiger partial charge in [0.15, 0.2) is 0 Å². The van der Waals surface area contributed by atoms with Crippen LogP contribution < -0.4 is 10.0 Å². The summed E-state index contributed by atoms with van der Waals surface area (Å²) in [6, 6.07) is 11.9. The zero-order valence-electron chi connectivity index (χ0n) is 13.0. The van der Waals surface area contributed by atoms with Crippen LogP contribution in [0.2, 0.25) is 0 Å². The van der Waals surface area contributed by atoms with Crippen molar-refractivity contribution in [2.45, 2.75) is 30.7 Å². The second-order valence-electron chi connectivity index (χ2n) is 5.73. The third-order valence-electron chi connectivity index (χ3n) is 3.99. The average Bonchev–Trinajstić information content (AvgIpc) is 2.54. The lowest BCUT2D eigenvalue weighted by Crippen LogP contribution is -2.27. The van der Waals surface area contributed by atoms with Gasteiger partial charge >= 0.3 is 0 Å². The highest BCUT2D eigenvalue weighted by Crippen LogP contribution is 2.27. The summed E-state index contributed by atoms with van der Waals surface area (Å²) in [6.07, 6.45) is 0.918. The van der Waals surface area contributed by atoms with E-state index in [0.29, 0.717) is 18.5 Å². The molecule has 2 aromatic carbocycles. The number of anilines is 1. The van der Waals surface area contributed by atoms with E-state index in [1.807, 2.05) is 24.3 Å². The predicted octanol–water partition coefficient (Wildman–Crippen LogP) is 3.37. The van der Waals surface area contributed by atoms with Crippen LogP contribution in [0.15, 0.2) is 51.8 Å². The molecule has 1 heterocycles. The van der Waals surface area contributed by atoms with E-state index >= 15 is 0 Å². The Balaban J connectivity index is 1.86. The number of fused-ring (bicyclic) bond motifs is 1. The van der Waals surface area contributed by atoms with Crippen molar-refractivity contribution >= 4 is 37.5 Å². The second kappa shape index (κ2) is 6.66. The molecule has 0 spiro atoms. The SMILES string of the molecule is C[C@@H](NS(=O)(=O)c1ccc2c(c1)CCC(=O)N2)c1ccccc1Br. The van der Waals surface area contributed by atoms with Crippen molar-refractivity contribution in [1.82, 2.24) is 4.72 Å². The second-order valence-corrected chi connectivity index (χ2v) is 8.30. The molecule has 1 atom stereocenters. The molecule has 0 aliphatic carbocycles. The number of amides is 1. The lowest BCUT2D eigenvalue weighted by Gasteiger charge is -2.19. The van der Waals surface area contributed by atoms with Crippen LogP contribution in [-0.2, 0) is 21.2 Å². The first kappa shape index (κ1) is 17.1. The van der Waals surface area contributed by atoms with Gasteiger partial charge in [-0.15, -0.1) is 0 Å². The molecule has 0 radical (unpaired) electrons. The monoisotopic (exact) mass is 408 g/mol. The maximum atomic E-state index is 12.7. The Hall–Kier alpha value is -1.70. The zero-order valence-corrected chi connectivity index (χ0v) is 15.4. The van der Waals surface area contributed by atoms with Crippen LogP contribution >= 0.6 is 15.9 Å². The highest BCUT2D eigenvalue weighted by molar-refractivity contribution is 9.10. The van der Waals surface area contributed by atoms with Crippen LogP contribution in [0, 0.1) is 0 Å². The van der Waals surface area contributed by atoms with Gasteiger partial charge in [-0.05, 0) is 48.7 Å². The van der Waals surface area contributed by atoms with Gasteiger partial charge in [-0.2, -0.15) is 0 Å². The standard InChI is InChI=1S/C17H17BrN2O3S/c1-11(14-4-2-3-5-15(14)18)20-24(22,23)13-7-8-16-12(10-13)6-9-17(21)19-16/h2-5,7-8,10-11,20H,6,9H2,1H3,(H,19,21)/t11-/m1/s1. The molecule has 5 nitrogen and oxygen atoms in total. The van der Waals surface area contributed by atoms with E-state index in [9.17, 15) is 13.2 Å². The van der Waals surface area contributed by atoms with Crippen molar-refractivity contribution in [3.8, 4) is 0 Å². The Morgan fingerprint density at radius 2 is 1.92 bits per heavy atom. The summed E-state index contributed by atoms with van der Waals surface area (Å²) in [4.78, 5) is 11.6. The van der Waals surface area contributed by atoms with Crippen molar-refractivity contribution in [1.29, 1.82) is 0 Å². The fraction of sp³-hybridized carbons (Fsp3) is 0.235. The largest absolute Gasteiger partial charge is 0.326 e. The van der Waals surface area contributed by atoms with Crippen molar-refractivity contribution in [3.63, 3.8) is 0 Å². The van der Waals surface area contributed by atoms with Crippen LogP contribution in [-0.4, -0.2) is 14.3 Å². The van der Waals surface area contributed by atoms with E-state index in [1.165, 1.54) is 6.07 Å². The topological polar surface area (TPSA) is 75.3 Å². The Bertz CT molecular complexity index is 896. The number of sulfonamides is 1. The van der Waals surface area contributed by atoms with E-state index in [-0.39, 0.29) is 16.8 Å². The van der Waals surface area contributed by atoms with Crippen LogP contribution in [0.3, 0.4) is 0 Å². The molecule has 2 aromatic rings. The lowest BCUT2D eigenvalue weighted by molar-refractivity contribution is -0.116.